The predicted molar refractivity (Wildman–Crippen MR) is 111 cm³/mol. The van der Waals surface area contributed by atoms with Crippen LogP contribution in [0.4, 0.5) is 10.2 Å². The first-order valence-corrected chi connectivity index (χ1v) is 9.08. The zero-order valence-corrected chi connectivity index (χ0v) is 15.6. The maximum atomic E-state index is 14.2. The summed E-state index contributed by atoms with van der Waals surface area (Å²) in [5.74, 6) is -0.280. The van der Waals surface area contributed by atoms with Crippen molar-refractivity contribution in [3.05, 3.63) is 84.6 Å². The van der Waals surface area contributed by atoms with Crippen molar-refractivity contribution in [3.63, 3.8) is 0 Å². The fourth-order valence-corrected chi connectivity index (χ4v) is 3.34. The molecule has 0 amide bonds. The van der Waals surface area contributed by atoms with Crippen molar-refractivity contribution in [2.24, 2.45) is 0 Å². The molecule has 0 spiro atoms. The molecule has 0 aliphatic heterocycles. The Morgan fingerprint density at radius 2 is 1.77 bits per heavy atom. The minimum Gasteiger partial charge on any atom is -0.382 e. The largest absolute Gasteiger partial charge is 0.382 e. The quantitative estimate of drug-likeness (QED) is 0.500. The Balaban J connectivity index is 1.61. The number of hydrogen-bond acceptors (Lipinski definition) is 5. The molecule has 3 heterocycles. The molecule has 7 nitrogen and oxygen atoms in total. The van der Waals surface area contributed by atoms with Crippen molar-refractivity contribution < 1.29 is 4.39 Å². The molecule has 0 radical (unpaired) electrons. The lowest BCUT2D eigenvalue weighted by atomic mass is 10.1. The lowest BCUT2D eigenvalue weighted by molar-refractivity contribution is 0.624. The van der Waals surface area contributed by atoms with Crippen molar-refractivity contribution in [3.8, 4) is 28.7 Å². The number of rotatable bonds is 3. The van der Waals surface area contributed by atoms with Gasteiger partial charge in [0.2, 0.25) is 0 Å². The van der Waals surface area contributed by atoms with E-state index in [1.807, 2.05) is 42.6 Å². The standard InChI is InChI=1S/C22H14FN7/c23-19-10-14(1-2-15(19)12-24)21-11-22(25)28-30(21)18-3-4-20-16(9-18)13-29(27-20)17-5-7-26-8-6-17/h1-11,13H,(H2,25,28). The summed E-state index contributed by atoms with van der Waals surface area (Å²) in [6.45, 7) is 0. The number of benzene rings is 2. The van der Waals surface area contributed by atoms with E-state index >= 15 is 0 Å². The van der Waals surface area contributed by atoms with Crippen LogP contribution in [-0.2, 0) is 0 Å². The molecule has 5 rings (SSSR count). The van der Waals surface area contributed by atoms with E-state index in [1.165, 1.54) is 12.1 Å². The number of nitrogens with two attached hydrogens (primary N) is 1. The Kier molecular flexibility index (Phi) is 4.00. The SMILES string of the molecule is N#Cc1ccc(-c2cc(N)nn2-c2ccc3nn(-c4ccncc4)cc3c2)cc1F. The summed E-state index contributed by atoms with van der Waals surface area (Å²) in [6, 6.07) is 17.4. The molecular weight excluding hydrogens is 381 g/mol. The van der Waals surface area contributed by atoms with Gasteiger partial charge in [0.25, 0.3) is 0 Å². The van der Waals surface area contributed by atoms with E-state index in [-0.39, 0.29) is 5.56 Å². The third-order valence-electron chi connectivity index (χ3n) is 4.77. The van der Waals surface area contributed by atoms with E-state index < -0.39 is 5.82 Å². The van der Waals surface area contributed by atoms with Crippen molar-refractivity contribution in [1.82, 2.24) is 24.5 Å². The number of nitrogens with zero attached hydrogens (tertiary/aromatic N) is 6. The summed E-state index contributed by atoms with van der Waals surface area (Å²) in [6.07, 6.45) is 5.34. The van der Waals surface area contributed by atoms with Crippen molar-refractivity contribution in [2.75, 3.05) is 5.73 Å². The van der Waals surface area contributed by atoms with Gasteiger partial charge in [0, 0.05) is 35.6 Å². The lowest BCUT2D eigenvalue weighted by Crippen LogP contribution is -2.00. The molecule has 0 aliphatic carbocycles. The Morgan fingerprint density at radius 1 is 0.933 bits per heavy atom. The highest BCUT2D eigenvalue weighted by molar-refractivity contribution is 5.81. The van der Waals surface area contributed by atoms with Crippen LogP contribution in [0.1, 0.15) is 5.56 Å². The van der Waals surface area contributed by atoms with Crippen LogP contribution >= 0.6 is 0 Å². The molecule has 0 bridgehead atoms. The van der Waals surface area contributed by atoms with Crippen LogP contribution in [0.2, 0.25) is 0 Å². The van der Waals surface area contributed by atoms with Gasteiger partial charge < -0.3 is 5.73 Å². The molecule has 0 aliphatic rings. The van der Waals surface area contributed by atoms with Crippen LogP contribution in [0.25, 0.3) is 33.5 Å². The third kappa shape index (κ3) is 2.95. The number of hydrogen-bond donors (Lipinski definition) is 1. The number of aromatic nitrogens is 5. The van der Waals surface area contributed by atoms with Gasteiger partial charge in [-0.1, -0.05) is 6.07 Å². The summed E-state index contributed by atoms with van der Waals surface area (Å²) >= 11 is 0. The van der Waals surface area contributed by atoms with Crippen LogP contribution in [0, 0.1) is 17.1 Å². The number of anilines is 1. The van der Waals surface area contributed by atoms with Crippen molar-refractivity contribution in [1.29, 1.82) is 5.26 Å². The molecule has 0 saturated carbocycles. The number of pyridine rings is 1. The zero-order valence-electron chi connectivity index (χ0n) is 15.6. The van der Waals surface area contributed by atoms with Crippen LogP contribution < -0.4 is 5.73 Å². The van der Waals surface area contributed by atoms with Gasteiger partial charge in [-0.25, -0.2) is 13.8 Å². The molecule has 0 unspecified atom stereocenters. The van der Waals surface area contributed by atoms with E-state index in [0.29, 0.717) is 17.1 Å². The van der Waals surface area contributed by atoms with Gasteiger partial charge in [0.1, 0.15) is 17.7 Å². The highest BCUT2D eigenvalue weighted by atomic mass is 19.1. The van der Waals surface area contributed by atoms with Crippen molar-refractivity contribution >= 4 is 16.7 Å². The molecule has 2 aromatic carbocycles. The second-order valence-electron chi connectivity index (χ2n) is 6.69. The van der Waals surface area contributed by atoms with Gasteiger partial charge in [0.05, 0.1) is 28.1 Å². The number of nitrogen functional groups attached to an aromatic ring is 1. The first-order chi connectivity index (χ1) is 14.6. The Bertz CT molecular complexity index is 1430. The topological polar surface area (TPSA) is 98.3 Å². The zero-order chi connectivity index (χ0) is 20.7. The van der Waals surface area contributed by atoms with E-state index in [1.54, 1.807) is 33.9 Å². The molecule has 3 aromatic heterocycles. The monoisotopic (exact) mass is 395 g/mol. The number of nitriles is 1. The van der Waals surface area contributed by atoms with Gasteiger partial charge >= 0.3 is 0 Å². The molecule has 0 saturated heterocycles. The summed E-state index contributed by atoms with van der Waals surface area (Å²) in [7, 11) is 0. The second-order valence-corrected chi connectivity index (χ2v) is 6.69. The van der Waals surface area contributed by atoms with Crippen LogP contribution in [0.5, 0.6) is 0 Å². The highest BCUT2D eigenvalue weighted by Crippen LogP contribution is 2.28. The van der Waals surface area contributed by atoms with E-state index in [4.69, 9.17) is 11.0 Å². The minimum absolute atomic E-state index is 0.0114. The van der Waals surface area contributed by atoms with Crippen LogP contribution in [0.15, 0.2) is 73.2 Å². The lowest BCUT2D eigenvalue weighted by Gasteiger charge is -2.08. The molecule has 144 valence electrons. The van der Waals surface area contributed by atoms with Gasteiger partial charge in [-0.15, -0.1) is 0 Å². The first kappa shape index (κ1) is 17.6. The third-order valence-corrected chi connectivity index (χ3v) is 4.77. The van der Waals surface area contributed by atoms with Crippen molar-refractivity contribution in [2.45, 2.75) is 0 Å². The molecule has 0 fully saturated rings. The van der Waals surface area contributed by atoms with Gasteiger partial charge in [-0.05, 0) is 42.5 Å². The van der Waals surface area contributed by atoms with E-state index in [2.05, 4.69) is 15.2 Å². The fourth-order valence-electron chi connectivity index (χ4n) is 3.34. The van der Waals surface area contributed by atoms with Gasteiger partial charge in [-0.2, -0.15) is 15.5 Å². The minimum atomic E-state index is -0.588. The average Bonchev–Trinajstić information content (AvgIpc) is 3.37. The van der Waals surface area contributed by atoms with Crippen LogP contribution in [-0.4, -0.2) is 24.5 Å². The Morgan fingerprint density at radius 3 is 2.53 bits per heavy atom. The number of halogens is 1. The highest BCUT2D eigenvalue weighted by Gasteiger charge is 2.14. The summed E-state index contributed by atoms with van der Waals surface area (Å²) in [4.78, 5) is 4.03. The predicted octanol–water partition coefficient (Wildman–Crippen LogP) is 3.87. The average molecular weight is 395 g/mol. The maximum Gasteiger partial charge on any atom is 0.146 e. The van der Waals surface area contributed by atoms with E-state index in [0.717, 1.165) is 22.3 Å². The molecule has 0 atom stereocenters. The van der Waals surface area contributed by atoms with E-state index in [9.17, 15) is 4.39 Å². The smallest absolute Gasteiger partial charge is 0.146 e. The van der Waals surface area contributed by atoms with Gasteiger partial charge in [-0.3, -0.25) is 4.98 Å². The Labute approximate surface area is 170 Å². The second kappa shape index (κ2) is 6.83. The molecule has 2 N–H and O–H groups in total. The normalized spacial score (nSPS) is 10.9. The first-order valence-electron chi connectivity index (χ1n) is 9.08. The maximum absolute atomic E-state index is 14.2. The molecular formula is C22H14FN7. The van der Waals surface area contributed by atoms with Gasteiger partial charge in [0.15, 0.2) is 0 Å². The summed E-state index contributed by atoms with van der Waals surface area (Å²) in [5, 5.41) is 18.8. The molecule has 8 heteroatoms. The molecule has 30 heavy (non-hydrogen) atoms. The van der Waals surface area contributed by atoms with Crippen LogP contribution in [0.3, 0.4) is 0 Å². The summed E-state index contributed by atoms with van der Waals surface area (Å²) < 4.78 is 17.6. The Hall–Kier alpha value is -4.51. The fraction of sp³-hybridized carbons (Fsp3) is 0. The number of fused-ring (bicyclic) bond motifs is 1. The molecule has 5 aromatic rings. The summed E-state index contributed by atoms with van der Waals surface area (Å²) in [5.41, 5.74) is 9.60.